The normalized spacial score (nSPS) is 14.2. The zero-order valence-electron chi connectivity index (χ0n) is 16.9. The minimum Gasteiger partial charge on any atom is -0.496 e. The lowest BCUT2D eigenvalue weighted by Gasteiger charge is -2.36. The number of aromatic nitrogens is 1. The Labute approximate surface area is 169 Å². The van der Waals surface area contributed by atoms with Crippen LogP contribution in [0, 0.1) is 0 Å². The predicted octanol–water partition coefficient (Wildman–Crippen LogP) is 3.16. The highest BCUT2D eigenvalue weighted by Gasteiger charge is 2.25. The fourth-order valence-electron chi connectivity index (χ4n) is 3.83. The largest absolute Gasteiger partial charge is 0.496 e. The summed E-state index contributed by atoms with van der Waals surface area (Å²) in [6.07, 6.45) is 0. The van der Waals surface area contributed by atoms with Crippen LogP contribution in [0.5, 0.6) is 17.2 Å². The lowest BCUT2D eigenvalue weighted by molar-refractivity contribution is 0.0742. The number of ether oxygens (including phenoxy) is 3. The topological polar surface area (TPSA) is 67.0 Å². The SMILES string of the molecule is COc1cc(OC)c2cc(C(=O)N3CCN(c4ccccc4)CC3)[nH]c2c1OC. The maximum absolute atomic E-state index is 13.1. The van der Waals surface area contributed by atoms with Gasteiger partial charge in [0.2, 0.25) is 0 Å². The molecule has 1 N–H and O–H groups in total. The number of nitrogens with zero attached hydrogens (tertiary/aromatic N) is 2. The van der Waals surface area contributed by atoms with Crippen molar-refractivity contribution in [2.24, 2.45) is 0 Å². The predicted molar refractivity (Wildman–Crippen MR) is 113 cm³/mol. The highest BCUT2D eigenvalue weighted by molar-refractivity contribution is 6.02. The standard InChI is InChI=1S/C22H25N3O4/c1-27-18-14-19(28-2)21(29-3)20-16(18)13-17(23-20)22(26)25-11-9-24(10-12-25)15-7-5-4-6-8-15/h4-8,13-14,23H,9-12H2,1-3H3. The van der Waals surface area contributed by atoms with Crippen LogP contribution in [0.25, 0.3) is 10.9 Å². The van der Waals surface area contributed by atoms with E-state index in [0.717, 1.165) is 18.5 Å². The van der Waals surface area contributed by atoms with Gasteiger partial charge in [0.15, 0.2) is 11.5 Å². The number of amides is 1. The molecule has 152 valence electrons. The number of rotatable bonds is 5. The number of para-hydroxylation sites is 1. The Morgan fingerprint density at radius 3 is 2.21 bits per heavy atom. The molecule has 7 heteroatoms. The van der Waals surface area contributed by atoms with Crippen molar-refractivity contribution in [2.45, 2.75) is 0 Å². The number of H-pyrrole nitrogens is 1. The van der Waals surface area contributed by atoms with E-state index >= 15 is 0 Å². The summed E-state index contributed by atoms with van der Waals surface area (Å²) < 4.78 is 16.4. The zero-order valence-corrected chi connectivity index (χ0v) is 16.9. The van der Waals surface area contributed by atoms with Gasteiger partial charge in [-0.15, -0.1) is 0 Å². The lowest BCUT2D eigenvalue weighted by Crippen LogP contribution is -2.48. The van der Waals surface area contributed by atoms with E-state index in [4.69, 9.17) is 14.2 Å². The fourth-order valence-corrected chi connectivity index (χ4v) is 3.83. The molecule has 0 spiro atoms. The molecule has 0 unspecified atom stereocenters. The van der Waals surface area contributed by atoms with Crippen molar-refractivity contribution in [3.63, 3.8) is 0 Å². The van der Waals surface area contributed by atoms with Gasteiger partial charge in [0.05, 0.1) is 26.8 Å². The van der Waals surface area contributed by atoms with Crippen molar-refractivity contribution >= 4 is 22.5 Å². The van der Waals surface area contributed by atoms with Crippen LogP contribution < -0.4 is 19.1 Å². The molecule has 1 saturated heterocycles. The molecular weight excluding hydrogens is 370 g/mol. The number of hydrogen-bond donors (Lipinski definition) is 1. The van der Waals surface area contributed by atoms with E-state index in [-0.39, 0.29) is 5.91 Å². The average Bonchev–Trinajstić information content (AvgIpc) is 3.23. The summed E-state index contributed by atoms with van der Waals surface area (Å²) in [4.78, 5) is 20.5. The Bertz CT molecular complexity index is 1010. The smallest absolute Gasteiger partial charge is 0.270 e. The van der Waals surface area contributed by atoms with E-state index < -0.39 is 0 Å². The van der Waals surface area contributed by atoms with Crippen LogP contribution >= 0.6 is 0 Å². The number of benzene rings is 2. The number of hydrogen-bond acceptors (Lipinski definition) is 5. The van der Waals surface area contributed by atoms with Gasteiger partial charge in [0.1, 0.15) is 11.4 Å². The van der Waals surface area contributed by atoms with Crippen molar-refractivity contribution < 1.29 is 19.0 Å². The molecule has 2 aromatic carbocycles. The molecule has 3 aromatic rings. The highest BCUT2D eigenvalue weighted by atomic mass is 16.5. The summed E-state index contributed by atoms with van der Waals surface area (Å²) in [6, 6.07) is 13.9. The molecule has 29 heavy (non-hydrogen) atoms. The Morgan fingerprint density at radius 1 is 0.897 bits per heavy atom. The van der Waals surface area contributed by atoms with Gasteiger partial charge in [-0.05, 0) is 18.2 Å². The number of carbonyl (C=O) groups excluding carboxylic acids is 1. The van der Waals surface area contributed by atoms with Crippen molar-refractivity contribution in [1.29, 1.82) is 0 Å². The van der Waals surface area contributed by atoms with Gasteiger partial charge in [-0.1, -0.05) is 18.2 Å². The quantitative estimate of drug-likeness (QED) is 0.719. The Hall–Kier alpha value is -3.35. The second-order valence-electron chi connectivity index (χ2n) is 6.90. The first-order chi connectivity index (χ1) is 14.2. The molecule has 1 aliphatic heterocycles. The van der Waals surface area contributed by atoms with E-state index in [9.17, 15) is 4.79 Å². The third-order valence-corrected chi connectivity index (χ3v) is 5.36. The molecule has 0 aliphatic carbocycles. The lowest BCUT2D eigenvalue weighted by atomic mass is 10.2. The van der Waals surface area contributed by atoms with Crippen molar-refractivity contribution in [2.75, 3.05) is 52.4 Å². The Kier molecular flexibility index (Phi) is 5.20. The molecule has 1 fully saturated rings. The molecule has 7 nitrogen and oxygen atoms in total. The summed E-state index contributed by atoms with van der Waals surface area (Å²) in [5.41, 5.74) is 2.39. The van der Waals surface area contributed by atoms with Crippen LogP contribution in [-0.2, 0) is 0 Å². The Morgan fingerprint density at radius 2 is 1.59 bits per heavy atom. The molecule has 2 heterocycles. The molecule has 1 aliphatic rings. The van der Waals surface area contributed by atoms with Gasteiger partial charge < -0.3 is 29.0 Å². The van der Waals surface area contributed by atoms with Gasteiger partial charge in [-0.2, -0.15) is 0 Å². The van der Waals surface area contributed by atoms with E-state index in [0.29, 0.717) is 41.5 Å². The molecule has 0 saturated carbocycles. The number of anilines is 1. The van der Waals surface area contributed by atoms with Gasteiger partial charge in [-0.25, -0.2) is 0 Å². The minimum absolute atomic E-state index is 0.0306. The average molecular weight is 395 g/mol. The maximum atomic E-state index is 13.1. The number of piperazine rings is 1. The second-order valence-corrected chi connectivity index (χ2v) is 6.90. The summed E-state index contributed by atoms with van der Waals surface area (Å²) in [5, 5.41) is 0.788. The summed E-state index contributed by atoms with van der Waals surface area (Å²) in [6.45, 7) is 2.94. The molecule has 0 radical (unpaired) electrons. The van der Waals surface area contributed by atoms with Crippen LogP contribution in [0.1, 0.15) is 10.5 Å². The number of aromatic amines is 1. The maximum Gasteiger partial charge on any atom is 0.270 e. The number of methoxy groups -OCH3 is 3. The zero-order chi connectivity index (χ0) is 20.4. The monoisotopic (exact) mass is 395 g/mol. The highest BCUT2D eigenvalue weighted by Crippen LogP contribution is 2.41. The van der Waals surface area contributed by atoms with Gasteiger partial charge in [-0.3, -0.25) is 4.79 Å². The summed E-state index contributed by atoms with van der Waals surface area (Å²) in [7, 11) is 4.75. The van der Waals surface area contributed by atoms with Crippen LogP contribution in [0.4, 0.5) is 5.69 Å². The van der Waals surface area contributed by atoms with Crippen molar-refractivity contribution in [1.82, 2.24) is 9.88 Å². The van der Waals surface area contributed by atoms with Crippen LogP contribution in [0.2, 0.25) is 0 Å². The van der Waals surface area contributed by atoms with Crippen molar-refractivity contribution in [3.05, 3.63) is 48.2 Å². The molecule has 4 rings (SSSR count). The van der Waals surface area contributed by atoms with Gasteiger partial charge in [0, 0.05) is 43.3 Å². The summed E-state index contributed by atoms with van der Waals surface area (Å²) in [5.74, 6) is 1.70. The molecule has 1 aromatic heterocycles. The number of fused-ring (bicyclic) bond motifs is 1. The first-order valence-electron chi connectivity index (χ1n) is 9.57. The van der Waals surface area contributed by atoms with E-state index in [1.54, 1.807) is 27.4 Å². The molecule has 1 amide bonds. The van der Waals surface area contributed by atoms with Crippen LogP contribution in [0.15, 0.2) is 42.5 Å². The first-order valence-corrected chi connectivity index (χ1v) is 9.57. The van der Waals surface area contributed by atoms with E-state index in [1.165, 1.54) is 5.69 Å². The minimum atomic E-state index is -0.0306. The third kappa shape index (κ3) is 3.44. The summed E-state index contributed by atoms with van der Waals surface area (Å²) >= 11 is 0. The third-order valence-electron chi connectivity index (χ3n) is 5.36. The van der Waals surface area contributed by atoms with Crippen LogP contribution in [-0.4, -0.2) is 63.3 Å². The first kappa shape index (κ1) is 19.0. The molecule has 0 bridgehead atoms. The number of nitrogens with one attached hydrogen (secondary N) is 1. The molecule has 0 atom stereocenters. The van der Waals surface area contributed by atoms with E-state index in [1.807, 2.05) is 29.2 Å². The Balaban J connectivity index is 1.58. The van der Waals surface area contributed by atoms with Crippen molar-refractivity contribution in [3.8, 4) is 17.2 Å². The van der Waals surface area contributed by atoms with Gasteiger partial charge >= 0.3 is 0 Å². The van der Waals surface area contributed by atoms with E-state index in [2.05, 4.69) is 22.0 Å². The number of carbonyl (C=O) groups is 1. The van der Waals surface area contributed by atoms with Crippen LogP contribution in [0.3, 0.4) is 0 Å². The van der Waals surface area contributed by atoms with Gasteiger partial charge in [0.25, 0.3) is 5.91 Å². The second kappa shape index (κ2) is 7.95. The fraction of sp³-hybridized carbons (Fsp3) is 0.318. The molecular formula is C22H25N3O4.